The van der Waals surface area contributed by atoms with Gasteiger partial charge in [-0.05, 0) is 31.5 Å². The molecule has 2 fully saturated rings. The van der Waals surface area contributed by atoms with Crippen LogP contribution in [-0.2, 0) is 0 Å². The molecular weight excluding hydrogens is 245 g/mol. The maximum atomic E-state index is 13.6. The van der Waals surface area contributed by atoms with Crippen molar-refractivity contribution in [3.8, 4) is 0 Å². The van der Waals surface area contributed by atoms with Gasteiger partial charge in [-0.25, -0.2) is 4.98 Å². The molecular formula is C14H18FN3O. The molecule has 0 radical (unpaired) electrons. The van der Waals surface area contributed by atoms with Crippen molar-refractivity contribution in [1.29, 1.82) is 0 Å². The molecule has 0 spiro atoms. The van der Waals surface area contributed by atoms with Crippen LogP contribution in [-0.4, -0.2) is 52.9 Å². The van der Waals surface area contributed by atoms with Gasteiger partial charge in [0.25, 0.3) is 5.91 Å². The van der Waals surface area contributed by atoms with Crippen LogP contribution in [0.25, 0.3) is 0 Å². The first-order valence-electron chi connectivity index (χ1n) is 6.89. The molecule has 1 aromatic heterocycles. The molecule has 1 amide bonds. The molecule has 3 rings (SSSR count). The van der Waals surface area contributed by atoms with Crippen LogP contribution < -0.4 is 0 Å². The van der Waals surface area contributed by atoms with Gasteiger partial charge in [0.15, 0.2) is 0 Å². The summed E-state index contributed by atoms with van der Waals surface area (Å²) in [6.45, 7) is 3.43. The molecule has 2 aliphatic rings. The van der Waals surface area contributed by atoms with E-state index in [-0.39, 0.29) is 11.5 Å². The Morgan fingerprint density at radius 1 is 1.32 bits per heavy atom. The Kier molecular flexibility index (Phi) is 3.46. The van der Waals surface area contributed by atoms with Gasteiger partial charge in [0.2, 0.25) is 5.95 Å². The highest BCUT2D eigenvalue weighted by atomic mass is 19.1. The third-order valence-electron chi connectivity index (χ3n) is 4.11. The van der Waals surface area contributed by atoms with E-state index in [4.69, 9.17) is 0 Å². The maximum Gasteiger partial charge on any atom is 0.258 e. The van der Waals surface area contributed by atoms with Crippen molar-refractivity contribution < 1.29 is 9.18 Å². The quantitative estimate of drug-likeness (QED) is 0.721. The van der Waals surface area contributed by atoms with Gasteiger partial charge in [-0.1, -0.05) is 6.42 Å². The molecule has 0 bridgehead atoms. The van der Waals surface area contributed by atoms with E-state index in [1.165, 1.54) is 25.1 Å². The van der Waals surface area contributed by atoms with Gasteiger partial charge in [0, 0.05) is 31.9 Å². The zero-order valence-electron chi connectivity index (χ0n) is 10.9. The SMILES string of the molecule is O=C(c1cccnc1F)N1CCN2CCCCC2C1. The van der Waals surface area contributed by atoms with E-state index in [0.717, 1.165) is 19.5 Å². The number of hydrogen-bond acceptors (Lipinski definition) is 3. The van der Waals surface area contributed by atoms with Crippen LogP contribution in [0.3, 0.4) is 0 Å². The second-order valence-corrected chi connectivity index (χ2v) is 5.28. The van der Waals surface area contributed by atoms with Crippen molar-refractivity contribution in [1.82, 2.24) is 14.8 Å². The summed E-state index contributed by atoms with van der Waals surface area (Å²) >= 11 is 0. The minimum absolute atomic E-state index is 0.0896. The second kappa shape index (κ2) is 5.25. The molecule has 5 heteroatoms. The highest BCUT2D eigenvalue weighted by Gasteiger charge is 2.32. The Labute approximate surface area is 112 Å². The molecule has 2 saturated heterocycles. The first-order chi connectivity index (χ1) is 9.25. The van der Waals surface area contributed by atoms with Crippen LogP contribution in [0.2, 0.25) is 0 Å². The lowest BCUT2D eigenvalue weighted by Crippen LogP contribution is -2.56. The zero-order chi connectivity index (χ0) is 13.2. The van der Waals surface area contributed by atoms with Crippen molar-refractivity contribution >= 4 is 5.91 Å². The van der Waals surface area contributed by atoms with Gasteiger partial charge >= 0.3 is 0 Å². The molecule has 3 heterocycles. The van der Waals surface area contributed by atoms with Crippen molar-refractivity contribution in [2.24, 2.45) is 0 Å². The van der Waals surface area contributed by atoms with Gasteiger partial charge in [-0.3, -0.25) is 9.69 Å². The molecule has 0 N–H and O–H groups in total. The Hall–Kier alpha value is -1.49. The number of pyridine rings is 1. The summed E-state index contributed by atoms with van der Waals surface area (Å²) in [5.41, 5.74) is 0.0896. The standard InChI is InChI=1S/C14H18FN3O/c15-13-12(5-3-6-16-13)14(19)18-9-8-17-7-2-1-4-11(17)10-18/h3,5-6,11H,1-2,4,7-10H2. The van der Waals surface area contributed by atoms with Gasteiger partial charge in [-0.2, -0.15) is 4.39 Å². The molecule has 0 aromatic carbocycles. The molecule has 4 nitrogen and oxygen atoms in total. The third kappa shape index (κ3) is 2.47. The lowest BCUT2D eigenvalue weighted by atomic mass is 9.99. The highest BCUT2D eigenvalue weighted by Crippen LogP contribution is 2.22. The van der Waals surface area contributed by atoms with Crippen molar-refractivity contribution in [2.75, 3.05) is 26.2 Å². The van der Waals surface area contributed by atoms with Crippen LogP contribution in [0, 0.1) is 5.95 Å². The van der Waals surface area contributed by atoms with E-state index in [1.807, 2.05) is 0 Å². The number of piperazine rings is 1. The molecule has 1 unspecified atom stereocenters. The van der Waals surface area contributed by atoms with Crippen molar-refractivity contribution in [2.45, 2.75) is 25.3 Å². The van der Waals surface area contributed by atoms with E-state index >= 15 is 0 Å². The van der Waals surface area contributed by atoms with Crippen LogP contribution in [0.15, 0.2) is 18.3 Å². The molecule has 0 saturated carbocycles. The minimum Gasteiger partial charge on any atom is -0.336 e. The maximum absolute atomic E-state index is 13.6. The Balaban J connectivity index is 1.73. The van der Waals surface area contributed by atoms with Gasteiger partial charge in [0.05, 0.1) is 5.56 Å². The number of hydrogen-bond donors (Lipinski definition) is 0. The number of rotatable bonds is 1. The predicted molar refractivity (Wildman–Crippen MR) is 69.3 cm³/mol. The summed E-state index contributed by atoms with van der Waals surface area (Å²) in [4.78, 5) is 20.1. The number of fused-ring (bicyclic) bond motifs is 1. The summed E-state index contributed by atoms with van der Waals surface area (Å²) in [5, 5.41) is 0. The van der Waals surface area contributed by atoms with Crippen molar-refractivity contribution in [3.05, 3.63) is 29.8 Å². The van der Waals surface area contributed by atoms with Gasteiger partial charge < -0.3 is 4.90 Å². The fraction of sp³-hybridized carbons (Fsp3) is 0.571. The van der Waals surface area contributed by atoms with Crippen LogP contribution >= 0.6 is 0 Å². The van der Waals surface area contributed by atoms with Crippen molar-refractivity contribution in [3.63, 3.8) is 0 Å². The predicted octanol–water partition coefficient (Wildman–Crippen LogP) is 1.53. The van der Waals surface area contributed by atoms with Gasteiger partial charge in [0.1, 0.15) is 0 Å². The van der Waals surface area contributed by atoms with E-state index < -0.39 is 5.95 Å². The first-order valence-corrected chi connectivity index (χ1v) is 6.89. The van der Waals surface area contributed by atoms with E-state index in [2.05, 4.69) is 9.88 Å². The average molecular weight is 263 g/mol. The fourth-order valence-corrected chi connectivity index (χ4v) is 3.06. The van der Waals surface area contributed by atoms with Crippen LogP contribution in [0.4, 0.5) is 4.39 Å². The molecule has 2 aliphatic heterocycles. The first kappa shape index (κ1) is 12.5. The second-order valence-electron chi connectivity index (χ2n) is 5.28. The smallest absolute Gasteiger partial charge is 0.258 e. The fourth-order valence-electron chi connectivity index (χ4n) is 3.06. The lowest BCUT2D eigenvalue weighted by molar-refractivity contribution is 0.0368. The van der Waals surface area contributed by atoms with E-state index in [0.29, 0.717) is 19.1 Å². The number of nitrogens with zero attached hydrogens (tertiary/aromatic N) is 3. The number of amides is 1. The number of halogens is 1. The van der Waals surface area contributed by atoms with Gasteiger partial charge in [-0.15, -0.1) is 0 Å². The zero-order valence-corrected chi connectivity index (χ0v) is 10.9. The number of aromatic nitrogens is 1. The summed E-state index contributed by atoms with van der Waals surface area (Å²) in [6.07, 6.45) is 4.98. The summed E-state index contributed by atoms with van der Waals surface area (Å²) in [7, 11) is 0. The monoisotopic (exact) mass is 263 g/mol. The largest absolute Gasteiger partial charge is 0.336 e. The average Bonchev–Trinajstić information content (AvgIpc) is 2.46. The lowest BCUT2D eigenvalue weighted by Gasteiger charge is -2.44. The number of carbonyl (C=O) groups is 1. The summed E-state index contributed by atoms with van der Waals surface area (Å²) in [6, 6.07) is 3.57. The summed E-state index contributed by atoms with van der Waals surface area (Å²) in [5.74, 6) is -0.894. The molecule has 1 atom stereocenters. The van der Waals surface area contributed by atoms with E-state index in [1.54, 1.807) is 11.0 Å². The summed E-state index contributed by atoms with van der Waals surface area (Å²) < 4.78 is 13.6. The molecule has 102 valence electrons. The molecule has 0 aliphatic carbocycles. The number of carbonyl (C=O) groups excluding carboxylic acids is 1. The normalized spacial score (nSPS) is 24.1. The van der Waals surface area contributed by atoms with E-state index in [9.17, 15) is 9.18 Å². The Bertz CT molecular complexity index is 480. The topological polar surface area (TPSA) is 36.4 Å². The molecule has 19 heavy (non-hydrogen) atoms. The van der Waals surface area contributed by atoms with Crippen LogP contribution in [0.1, 0.15) is 29.6 Å². The highest BCUT2D eigenvalue weighted by molar-refractivity contribution is 5.94. The third-order valence-corrected chi connectivity index (χ3v) is 4.11. The van der Waals surface area contributed by atoms with Crippen LogP contribution in [0.5, 0.6) is 0 Å². The minimum atomic E-state index is -0.668. The Morgan fingerprint density at radius 2 is 2.21 bits per heavy atom. The Morgan fingerprint density at radius 3 is 3.05 bits per heavy atom. The molecule has 1 aromatic rings. The number of piperidine rings is 1.